The van der Waals surface area contributed by atoms with Crippen LogP contribution in [0.5, 0.6) is 0 Å². The van der Waals surface area contributed by atoms with Gasteiger partial charge in [0.1, 0.15) is 0 Å². The second-order valence-electron chi connectivity index (χ2n) is 11.2. The van der Waals surface area contributed by atoms with Crippen LogP contribution in [-0.2, 0) is 4.79 Å². The summed E-state index contributed by atoms with van der Waals surface area (Å²) >= 11 is 0. The van der Waals surface area contributed by atoms with E-state index in [9.17, 15) is 14.7 Å². The molecule has 3 rings (SSSR count). The zero-order valence-corrected chi connectivity index (χ0v) is 22.5. The monoisotopic (exact) mass is 493 g/mol. The largest absolute Gasteiger partial charge is 0.481 e. The Morgan fingerprint density at radius 2 is 1.61 bits per heavy atom. The van der Waals surface area contributed by atoms with Gasteiger partial charge >= 0.3 is 12.0 Å². The number of nitrogens with one attached hydrogen (secondary N) is 2. The lowest BCUT2D eigenvalue weighted by Gasteiger charge is -2.32. The molecule has 6 heteroatoms. The van der Waals surface area contributed by atoms with Crippen LogP contribution in [0.1, 0.15) is 76.8 Å². The molecule has 0 aromatic heterocycles. The minimum atomic E-state index is -0.781. The van der Waals surface area contributed by atoms with Crippen molar-refractivity contribution in [2.45, 2.75) is 72.6 Å². The number of anilines is 3. The van der Waals surface area contributed by atoms with E-state index >= 15 is 0 Å². The minimum Gasteiger partial charge on any atom is -0.481 e. The molecule has 2 aromatic rings. The van der Waals surface area contributed by atoms with Crippen molar-refractivity contribution >= 4 is 29.1 Å². The van der Waals surface area contributed by atoms with Crippen molar-refractivity contribution in [2.24, 2.45) is 17.8 Å². The fraction of sp³-hybridized carbons (Fsp3) is 0.533. The molecule has 1 atom stereocenters. The summed E-state index contributed by atoms with van der Waals surface area (Å²) in [4.78, 5) is 27.1. The summed E-state index contributed by atoms with van der Waals surface area (Å²) in [7, 11) is 0. The molecule has 6 nitrogen and oxygen atoms in total. The van der Waals surface area contributed by atoms with Gasteiger partial charge in [0.05, 0.1) is 17.8 Å². The van der Waals surface area contributed by atoms with E-state index in [2.05, 4.69) is 55.4 Å². The Bertz CT molecular complexity index is 1000. The number of carbonyl (C=O) groups is 2. The second kappa shape index (κ2) is 12.8. The van der Waals surface area contributed by atoms with Crippen LogP contribution in [0.15, 0.2) is 42.5 Å². The van der Waals surface area contributed by atoms with E-state index in [0.29, 0.717) is 17.8 Å². The lowest BCUT2D eigenvalue weighted by molar-refractivity contribution is -0.137. The van der Waals surface area contributed by atoms with E-state index < -0.39 is 5.97 Å². The summed E-state index contributed by atoms with van der Waals surface area (Å²) < 4.78 is 0. The first-order chi connectivity index (χ1) is 17.1. The fourth-order valence-corrected chi connectivity index (χ4v) is 4.94. The molecule has 0 saturated heterocycles. The quantitative estimate of drug-likeness (QED) is 0.286. The molecule has 1 aliphatic rings. The van der Waals surface area contributed by atoms with Gasteiger partial charge in [0, 0.05) is 18.8 Å². The van der Waals surface area contributed by atoms with Gasteiger partial charge in [-0.15, -0.1) is 0 Å². The Balaban J connectivity index is 1.94. The average Bonchev–Trinajstić information content (AvgIpc) is 2.75. The maximum absolute atomic E-state index is 13.0. The van der Waals surface area contributed by atoms with Crippen molar-refractivity contribution < 1.29 is 14.7 Å². The van der Waals surface area contributed by atoms with Gasteiger partial charge < -0.3 is 20.6 Å². The number of hydrogen-bond donors (Lipinski definition) is 3. The number of hydrogen-bond acceptors (Lipinski definition) is 3. The van der Waals surface area contributed by atoms with Crippen LogP contribution in [0, 0.1) is 24.7 Å². The van der Waals surface area contributed by atoms with Crippen molar-refractivity contribution in [1.82, 2.24) is 0 Å². The molecule has 1 unspecified atom stereocenters. The topological polar surface area (TPSA) is 81.7 Å². The molecular weight excluding hydrogens is 450 g/mol. The maximum atomic E-state index is 13.0. The number of aryl methyl sites for hydroxylation is 1. The molecule has 0 heterocycles. The van der Waals surface area contributed by atoms with Crippen molar-refractivity contribution in [1.29, 1.82) is 0 Å². The van der Waals surface area contributed by atoms with E-state index in [4.69, 9.17) is 0 Å². The number of rotatable bonds is 12. The molecule has 36 heavy (non-hydrogen) atoms. The molecule has 0 bridgehead atoms. The van der Waals surface area contributed by atoms with Crippen LogP contribution in [0.3, 0.4) is 0 Å². The molecule has 0 spiro atoms. The minimum absolute atomic E-state index is 0.0637. The molecule has 1 saturated carbocycles. The summed E-state index contributed by atoms with van der Waals surface area (Å²) in [5.41, 5.74) is 4.53. The predicted octanol–water partition coefficient (Wildman–Crippen LogP) is 7.51. The first-order valence-electron chi connectivity index (χ1n) is 13.4. The van der Waals surface area contributed by atoms with Crippen LogP contribution in [0.2, 0.25) is 0 Å². The first-order valence-corrected chi connectivity index (χ1v) is 13.4. The standard InChI is InChI=1S/C30H43N3O3/c1-20(2)18-33(19-21(3)4)28-14-11-24(25(17-29(34)35)15-23-7-6-8-23)16-27(28)32-30(36)31-26-12-9-22(5)10-13-26/h9-14,16,20-21,23,25H,6-8,15,17-19H2,1-5H3,(H,34,35)(H2,31,32,36). The van der Waals surface area contributed by atoms with Crippen molar-refractivity contribution in [2.75, 3.05) is 28.6 Å². The SMILES string of the molecule is Cc1ccc(NC(=O)Nc2cc(C(CC(=O)O)CC3CCC3)ccc2N(CC(C)C)CC(C)C)cc1. The van der Waals surface area contributed by atoms with Crippen molar-refractivity contribution in [3.05, 3.63) is 53.6 Å². The number of nitrogens with zero attached hydrogens (tertiary/aromatic N) is 1. The molecule has 196 valence electrons. The Kier molecular flexibility index (Phi) is 9.80. The lowest BCUT2D eigenvalue weighted by Crippen LogP contribution is -2.32. The molecule has 1 aliphatic carbocycles. The van der Waals surface area contributed by atoms with Gasteiger partial charge in [0.15, 0.2) is 0 Å². The molecule has 1 fully saturated rings. The summed E-state index contributed by atoms with van der Waals surface area (Å²) in [6, 6.07) is 13.5. The zero-order valence-electron chi connectivity index (χ0n) is 22.5. The highest BCUT2D eigenvalue weighted by Gasteiger charge is 2.26. The predicted molar refractivity (Wildman–Crippen MR) is 149 cm³/mol. The fourth-order valence-electron chi connectivity index (χ4n) is 4.94. The highest BCUT2D eigenvalue weighted by Crippen LogP contribution is 2.39. The number of aliphatic carboxylic acids is 1. The Morgan fingerprint density at radius 1 is 0.972 bits per heavy atom. The third-order valence-electron chi connectivity index (χ3n) is 6.83. The van der Waals surface area contributed by atoms with Crippen LogP contribution >= 0.6 is 0 Å². The van der Waals surface area contributed by atoms with E-state index in [1.165, 1.54) is 19.3 Å². The first kappa shape index (κ1) is 27.6. The summed E-state index contributed by atoms with van der Waals surface area (Å²) in [5, 5.41) is 15.6. The molecule has 2 amide bonds. The highest BCUT2D eigenvalue weighted by atomic mass is 16.4. The Morgan fingerprint density at radius 3 is 2.14 bits per heavy atom. The van der Waals surface area contributed by atoms with E-state index in [1.54, 1.807) is 0 Å². The average molecular weight is 494 g/mol. The summed E-state index contributed by atoms with van der Waals surface area (Å²) in [5.74, 6) is 0.656. The van der Waals surface area contributed by atoms with Gasteiger partial charge in [0.25, 0.3) is 0 Å². The van der Waals surface area contributed by atoms with Crippen LogP contribution in [-0.4, -0.2) is 30.2 Å². The van der Waals surface area contributed by atoms with E-state index in [1.807, 2.05) is 37.3 Å². The van der Waals surface area contributed by atoms with Crippen LogP contribution in [0.4, 0.5) is 21.9 Å². The van der Waals surface area contributed by atoms with Crippen molar-refractivity contribution in [3.8, 4) is 0 Å². The number of carbonyl (C=O) groups excluding carboxylic acids is 1. The molecule has 0 radical (unpaired) electrons. The number of carboxylic acids is 1. The van der Waals surface area contributed by atoms with Crippen LogP contribution < -0.4 is 15.5 Å². The Labute approximate surface area is 216 Å². The summed E-state index contributed by atoms with van der Waals surface area (Å²) in [6.45, 7) is 12.5. The van der Waals surface area contributed by atoms with Gasteiger partial charge in [-0.25, -0.2) is 4.79 Å². The number of urea groups is 1. The molecule has 2 aromatic carbocycles. The van der Waals surface area contributed by atoms with Gasteiger partial charge in [-0.2, -0.15) is 0 Å². The number of amides is 2. The third kappa shape index (κ3) is 8.28. The van der Waals surface area contributed by atoms with E-state index in [-0.39, 0.29) is 18.4 Å². The van der Waals surface area contributed by atoms with Gasteiger partial charge in [-0.3, -0.25) is 4.79 Å². The summed E-state index contributed by atoms with van der Waals surface area (Å²) in [6.07, 6.45) is 4.56. The van der Waals surface area contributed by atoms with Crippen molar-refractivity contribution in [3.63, 3.8) is 0 Å². The van der Waals surface area contributed by atoms with Crippen LogP contribution in [0.25, 0.3) is 0 Å². The number of carboxylic acid groups (broad SMARTS) is 1. The van der Waals surface area contributed by atoms with Gasteiger partial charge in [-0.1, -0.05) is 70.7 Å². The lowest BCUT2D eigenvalue weighted by atomic mass is 9.76. The highest BCUT2D eigenvalue weighted by molar-refractivity contribution is 6.02. The molecule has 0 aliphatic heterocycles. The maximum Gasteiger partial charge on any atom is 0.323 e. The van der Waals surface area contributed by atoms with E-state index in [0.717, 1.165) is 47.7 Å². The molecular formula is C30H43N3O3. The van der Waals surface area contributed by atoms with Gasteiger partial charge in [0.2, 0.25) is 0 Å². The zero-order chi connectivity index (χ0) is 26.2. The third-order valence-corrected chi connectivity index (χ3v) is 6.83. The smallest absolute Gasteiger partial charge is 0.323 e. The Hall–Kier alpha value is -3.02. The normalized spacial score (nSPS) is 14.4. The molecule has 3 N–H and O–H groups in total. The van der Waals surface area contributed by atoms with Gasteiger partial charge in [-0.05, 0) is 66.8 Å². The second-order valence-corrected chi connectivity index (χ2v) is 11.2. The number of benzene rings is 2.